The molecule has 0 fully saturated rings. The molecule has 0 heterocycles. The minimum atomic E-state index is 0.0768. The van der Waals surface area contributed by atoms with Gasteiger partial charge in [0.2, 0.25) is 0 Å². The first-order valence-corrected chi connectivity index (χ1v) is 18.5. The van der Waals surface area contributed by atoms with Crippen molar-refractivity contribution in [2.24, 2.45) is 0 Å². The van der Waals surface area contributed by atoms with Gasteiger partial charge in [-0.25, -0.2) is 0 Å². The van der Waals surface area contributed by atoms with Crippen LogP contribution in [0.25, 0.3) is 22.3 Å². The maximum atomic E-state index is 9.82. The molecule has 0 aliphatic heterocycles. The van der Waals surface area contributed by atoms with E-state index in [0.29, 0.717) is 5.57 Å². The maximum absolute atomic E-state index is 9.82. The van der Waals surface area contributed by atoms with Crippen LogP contribution >= 0.6 is 0 Å². The molecule has 0 unspecified atom stereocenters. The predicted octanol–water partition coefficient (Wildman–Crippen LogP) is 12.8. The van der Waals surface area contributed by atoms with Crippen LogP contribution in [0.3, 0.4) is 0 Å². The second-order valence-electron chi connectivity index (χ2n) is 12.8. The molecule has 1 aliphatic carbocycles. The smallest absolute Gasteiger partial charge is 0.137 e. The zero-order valence-electron chi connectivity index (χ0n) is 30.0. The lowest BCUT2D eigenvalue weighted by atomic mass is 9.95. The summed E-state index contributed by atoms with van der Waals surface area (Å²) in [5, 5.41) is 19.6. The summed E-state index contributed by atoms with van der Waals surface area (Å²) < 4.78 is 11.9. The highest BCUT2D eigenvalue weighted by Gasteiger charge is 2.10. The van der Waals surface area contributed by atoms with Crippen LogP contribution in [0.4, 0.5) is 0 Å². The fourth-order valence-corrected chi connectivity index (χ4v) is 5.93. The van der Waals surface area contributed by atoms with Crippen molar-refractivity contribution in [3.8, 4) is 34.8 Å². The van der Waals surface area contributed by atoms with Crippen LogP contribution in [-0.4, -0.2) is 13.2 Å². The number of hydrogen-bond donors (Lipinski definition) is 0. The average molecular weight is 665 g/mol. The van der Waals surface area contributed by atoms with E-state index in [9.17, 15) is 10.5 Å². The van der Waals surface area contributed by atoms with Crippen molar-refractivity contribution in [1.82, 2.24) is 0 Å². The molecule has 0 saturated heterocycles. The van der Waals surface area contributed by atoms with Crippen LogP contribution in [0, 0.1) is 22.7 Å². The summed E-state index contributed by atoms with van der Waals surface area (Å²) in [5.41, 5.74) is 6.69. The van der Waals surface area contributed by atoms with Gasteiger partial charge in [0.05, 0.1) is 13.2 Å². The molecule has 0 N–H and O–H groups in total. The van der Waals surface area contributed by atoms with E-state index in [-0.39, 0.29) is 5.57 Å². The quantitative estimate of drug-likeness (QED) is 0.0890. The molecule has 4 heteroatoms. The highest BCUT2D eigenvalue weighted by Crippen LogP contribution is 2.29. The zero-order valence-corrected chi connectivity index (χ0v) is 30.0. The first kappa shape index (κ1) is 37.8. The van der Waals surface area contributed by atoms with E-state index in [1.807, 2.05) is 72.8 Å². The number of nitrogens with zero attached hydrogens (tertiary/aromatic N) is 2. The van der Waals surface area contributed by atoms with E-state index in [1.165, 1.54) is 64.2 Å². The molecule has 0 amide bonds. The van der Waals surface area contributed by atoms with Gasteiger partial charge in [-0.15, -0.1) is 0 Å². The average Bonchev–Trinajstić information content (AvgIpc) is 3.40. The molecule has 0 saturated carbocycles. The summed E-state index contributed by atoms with van der Waals surface area (Å²) in [6.07, 6.45) is 27.0. The van der Waals surface area contributed by atoms with Crippen molar-refractivity contribution in [2.45, 2.75) is 90.9 Å². The molecule has 50 heavy (non-hydrogen) atoms. The summed E-state index contributed by atoms with van der Waals surface area (Å²) >= 11 is 0. The predicted molar refractivity (Wildman–Crippen MR) is 209 cm³/mol. The van der Waals surface area contributed by atoms with Gasteiger partial charge in [0, 0.05) is 5.57 Å². The molecule has 0 bridgehead atoms. The Morgan fingerprint density at radius 2 is 1.04 bits per heavy atom. The number of rotatable bonds is 20. The van der Waals surface area contributed by atoms with Crippen molar-refractivity contribution < 1.29 is 9.47 Å². The normalized spacial score (nSPS) is 12.9. The molecular weight excluding hydrogens is 613 g/mol. The molecule has 1 aliphatic rings. The van der Waals surface area contributed by atoms with Crippen molar-refractivity contribution >= 4 is 11.1 Å². The third-order valence-electron chi connectivity index (χ3n) is 8.93. The van der Waals surface area contributed by atoms with Gasteiger partial charge in [0.1, 0.15) is 29.2 Å². The molecule has 0 atom stereocenters. The number of hydrogen-bond acceptors (Lipinski definition) is 4. The fraction of sp³-hybridized carbons (Fsp3) is 0.348. The van der Waals surface area contributed by atoms with Gasteiger partial charge in [-0.2, -0.15) is 10.5 Å². The highest BCUT2D eigenvalue weighted by atomic mass is 16.5. The molecule has 3 aromatic rings. The molecule has 4 nitrogen and oxygen atoms in total. The topological polar surface area (TPSA) is 66.0 Å². The van der Waals surface area contributed by atoms with Gasteiger partial charge in [0.25, 0.3) is 0 Å². The van der Waals surface area contributed by atoms with Crippen molar-refractivity contribution in [3.05, 3.63) is 132 Å². The fourth-order valence-electron chi connectivity index (χ4n) is 5.93. The van der Waals surface area contributed by atoms with Gasteiger partial charge in [0.15, 0.2) is 0 Å². The number of nitriles is 2. The summed E-state index contributed by atoms with van der Waals surface area (Å²) in [5.74, 6) is 1.78. The van der Waals surface area contributed by atoms with Gasteiger partial charge in [-0.1, -0.05) is 157 Å². The first-order valence-electron chi connectivity index (χ1n) is 18.5. The van der Waals surface area contributed by atoms with Gasteiger partial charge >= 0.3 is 0 Å². The monoisotopic (exact) mass is 664 g/mol. The third kappa shape index (κ3) is 12.4. The van der Waals surface area contributed by atoms with E-state index in [4.69, 9.17) is 9.47 Å². The van der Waals surface area contributed by atoms with E-state index < -0.39 is 0 Å². The summed E-state index contributed by atoms with van der Waals surface area (Å²) in [6, 6.07) is 28.6. The Morgan fingerprint density at radius 1 is 0.560 bits per heavy atom. The second kappa shape index (κ2) is 21.8. The largest absolute Gasteiger partial charge is 0.494 e. The summed E-state index contributed by atoms with van der Waals surface area (Å²) in [4.78, 5) is 0. The second-order valence-corrected chi connectivity index (χ2v) is 12.8. The molecule has 0 spiro atoms. The lowest BCUT2D eigenvalue weighted by Crippen LogP contribution is -1.97. The van der Waals surface area contributed by atoms with E-state index in [1.54, 1.807) is 0 Å². The molecule has 4 rings (SSSR count). The molecule has 258 valence electrons. The van der Waals surface area contributed by atoms with Gasteiger partial charge < -0.3 is 9.47 Å². The Balaban J connectivity index is 1.37. The van der Waals surface area contributed by atoms with Crippen molar-refractivity contribution in [2.75, 3.05) is 13.2 Å². The van der Waals surface area contributed by atoms with Crippen LogP contribution in [0.15, 0.2) is 120 Å². The minimum absolute atomic E-state index is 0.0768. The minimum Gasteiger partial charge on any atom is -0.494 e. The van der Waals surface area contributed by atoms with E-state index in [2.05, 4.69) is 62.4 Å². The van der Waals surface area contributed by atoms with Crippen LogP contribution in [0.1, 0.15) is 102 Å². The highest BCUT2D eigenvalue weighted by molar-refractivity contribution is 5.85. The Labute approximate surface area is 300 Å². The lowest BCUT2D eigenvalue weighted by Gasteiger charge is -2.09. The van der Waals surface area contributed by atoms with Crippen LogP contribution in [-0.2, 0) is 0 Å². The molecule has 0 aromatic heterocycles. The Hall–Kier alpha value is -5.06. The van der Waals surface area contributed by atoms with Crippen molar-refractivity contribution in [1.29, 1.82) is 10.5 Å². The van der Waals surface area contributed by atoms with Crippen LogP contribution < -0.4 is 9.47 Å². The zero-order chi connectivity index (χ0) is 35.2. The van der Waals surface area contributed by atoms with E-state index >= 15 is 0 Å². The van der Waals surface area contributed by atoms with Crippen molar-refractivity contribution in [3.63, 3.8) is 0 Å². The molecule has 0 radical (unpaired) electrons. The summed E-state index contributed by atoms with van der Waals surface area (Å²) in [7, 11) is 0. The number of ether oxygens (including phenoxy) is 2. The van der Waals surface area contributed by atoms with E-state index in [0.717, 1.165) is 71.0 Å². The van der Waals surface area contributed by atoms with Crippen LogP contribution in [0.5, 0.6) is 11.5 Å². The number of unbranched alkanes of at least 4 members (excludes halogenated alkanes) is 10. The molecule has 3 aromatic carbocycles. The lowest BCUT2D eigenvalue weighted by molar-refractivity contribution is 0.304. The Bertz CT molecular complexity index is 1690. The maximum Gasteiger partial charge on any atom is 0.137 e. The van der Waals surface area contributed by atoms with Crippen LogP contribution in [0.2, 0.25) is 0 Å². The molecular formula is C46H52N2O2. The van der Waals surface area contributed by atoms with Gasteiger partial charge in [-0.3, -0.25) is 0 Å². The first-order chi connectivity index (χ1) is 24.6. The standard InChI is InChI=1S/C46H52N2O2/c1-3-5-7-9-11-13-32-49-44-28-24-40(25-29-44)38-17-15-16-37(18-19-38)34-46(43(35-47)36-48)42-22-20-39(21-23-42)41-26-30-45(31-27-41)50-33-14-12-10-8-6-4-2/h15-31,34H,3-14,32-33H2,1-2H3/b37-34-. The van der Waals surface area contributed by atoms with Gasteiger partial charge in [-0.05, 0) is 76.6 Å². The summed E-state index contributed by atoms with van der Waals surface area (Å²) in [6.45, 7) is 5.97. The Kier molecular flexibility index (Phi) is 16.5. The Morgan fingerprint density at radius 3 is 1.56 bits per heavy atom. The third-order valence-corrected chi connectivity index (χ3v) is 8.93. The number of allylic oxidation sites excluding steroid dienone is 10. The SMILES string of the molecule is CCCCCCCCOc1ccc(C2=CC=C/C(=C/C(=C(C#N)C#N)c3ccc(-c4ccc(OCCCCCCCC)cc4)cc3)C=C2)cc1. The number of benzene rings is 3.